The number of anilines is 3. The second-order valence-electron chi connectivity index (χ2n) is 9.46. The molecule has 35 heavy (non-hydrogen) atoms. The Labute approximate surface area is 201 Å². The summed E-state index contributed by atoms with van der Waals surface area (Å²) >= 11 is 0. The normalized spacial score (nSPS) is 27.5. The van der Waals surface area contributed by atoms with Crippen LogP contribution in [0.3, 0.4) is 0 Å². The van der Waals surface area contributed by atoms with Gasteiger partial charge in [-0.05, 0) is 69.7 Å². The van der Waals surface area contributed by atoms with Gasteiger partial charge in [0.15, 0.2) is 5.60 Å². The number of alkyl halides is 3. The zero-order chi connectivity index (χ0) is 25.2. The van der Waals surface area contributed by atoms with E-state index in [-0.39, 0.29) is 49.4 Å². The van der Waals surface area contributed by atoms with E-state index in [1.165, 1.54) is 0 Å². The van der Waals surface area contributed by atoms with Crippen molar-refractivity contribution in [2.24, 2.45) is 5.92 Å². The van der Waals surface area contributed by atoms with Crippen LogP contribution in [0, 0.1) is 11.7 Å². The summed E-state index contributed by atoms with van der Waals surface area (Å²) in [7, 11) is 0. The molecule has 4 rings (SSSR count). The van der Waals surface area contributed by atoms with Gasteiger partial charge in [-0.25, -0.2) is 4.98 Å². The zero-order valence-corrected chi connectivity index (χ0v) is 19.7. The molecule has 1 saturated carbocycles. The zero-order valence-electron chi connectivity index (χ0n) is 19.7. The summed E-state index contributed by atoms with van der Waals surface area (Å²) in [4.78, 5) is 10.3. The maximum atomic E-state index is 14.2. The second kappa shape index (κ2) is 10.1. The molecule has 0 bridgehead atoms. The van der Waals surface area contributed by atoms with Crippen LogP contribution in [0.4, 0.5) is 34.9 Å². The molecular weight excluding hydrogens is 468 g/mol. The van der Waals surface area contributed by atoms with Crippen molar-refractivity contribution in [3.63, 3.8) is 0 Å². The minimum atomic E-state index is -4.66. The van der Waals surface area contributed by atoms with Gasteiger partial charge in [-0.1, -0.05) is 0 Å². The molecule has 192 valence electrons. The first-order valence-electron chi connectivity index (χ1n) is 11.7. The van der Waals surface area contributed by atoms with Crippen molar-refractivity contribution in [1.29, 1.82) is 0 Å². The fraction of sp³-hybridized carbons (Fsp3) is 0.583. The summed E-state index contributed by atoms with van der Waals surface area (Å²) in [6.45, 7) is 5.69. The average Bonchev–Trinajstić information content (AvgIpc) is 2.79. The molecule has 0 spiro atoms. The molecule has 2 aromatic rings. The molecule has 1 aliphatic heterocycles. The Hall–Kier alpha value is -2.66. The quantitative estimate of drug-likeness (QED) is 0.552. The maximum Gasteiger partial charge on any atom is 0.417 e. The van der Waals surface area contributed by atoms with Crippen LogP contribution in [0.5, 0.6) is 5.88 Å². The predicted molar refractivity (Wildman–Crippen MR) is 122 cm³/mol. The molecule has 2 aliphatic rings. The third kappa shape index (κ3) is 6.13. The summed E-state index contributed by atoms with van der Waals surface area (Å²) < 4.78 is 64.3. The number of aromatic nitrogens is 2. The van der Waals surface area contributed by atoms with Crippen molar-refractivity contribution in [2.75, 3.05) is 29.9 Å². The third-order valence-corrected chi connectivity index (χ3v) is 6.54. The van der Waals surface area contributed by atoms with Crippen LogP contribution in [-0.4, -0.2) is 58.8 Å². The van der Waals surface area contributed by atoms with Gasteiger partial charge in [0.25, 0.3) is 5.88 Å². The molecule has 2 fully saturated rings. The minimum Gasteiger partial charge on any atom is -0.475 e. The number of nitrogens with zero attached hydrogens (tertiary/aromatic N) is 3. The van der Waals surface area contributed by atoms with Crippen LogP contribution in [0.2, 0.25) is 0 Å². The van der Waals surface area contributed by atoms with Crippen molar-refractivity contribution in [3.8, 4) is 5.88 Å². The Morgan fingerprint density at radius 2 is 1.77 bits per heavy atom. The standard InChI is InChI=1S/C24H30F4N4O3/c1-15-12-32(13-16(2)35-15)19-5-3-18(4-6-19)30-22-29-11-20(25)21(31-22)34-14-17-7-9-23(33,10-8-17)24(26,27)28/h3-6,11,15-17,33H,7-10,12-14H2,1-2H3,(H,29,30,31)/t15-,16+,17?,23?. The van der Waals surface area contributed by atoms with E-state index in [0.29, 0.717) is 5.69 Å². The van der Waals surface area contributed by atoms with E-state index < -0.39 is 30.4 Å². The van der Waals surface area contributed by atoms with Gasteiger partial charge in [0, 0.05) is 24.5 Å². The first kappa shape index (κ1) is 25.4. The molecule has 0 radical (unpaired) electrons. The molecule has 0 unspecified atom stereocenters. The number of benzene rings is 1. The number of aliphatic hydroxyl groups is 1. The number of hydrogen-bond acceptors (Lipinski definition) is 7. The lowest BCUT2D eigenvalue weighted by molar-refractivity contribution is -0.272. The van der Waals surface area contributed by atoms with Gasteiger partial charge in [0.2, 0.25) is 11.8 Å². The van der Waals surface area contributed by atoms with Crippen molar-refractivity contribution >= 4 is 17.3 Å². The molecule has 11 heteroatoms. The Morgan fingerprint density at radius 1 is 1.14 bits per heavy atom. The number of rotatable bonds is 6. The van der Waals surface area contributed by atoms with Crippen molar-refractivity contribution in [3.05, 3.63) is 36.3 Å². The van der Waals surface area contributed by atoms with E-state index >= 15 is 0 Å². The highest BCUT2D eigenvalue weighted by Crippen LogP contribution is 2.43. The molecule has 1 saturated heterocycles. The molecular formula is C24H30F4N4O3. The van der Waals surface area contributed by atoms with Crippen LogP contribution in [0.25, 0.3) is 0 Å². The summed E-state index contributed by atoms with van der Waals surface area (Å²) in [6.07, 6.45) is -3.93. The van der Waals surface area contributed by atoms with Crippen LogP contribution >= 0.6 is 0 Å². The highest BCUT2D eigenvalue weighted by molar-refractivity contribution is 5.59. The molecule has 7 nitrogen and oxygen atoms in total. The van der Waals surface area contributed by atoms with Gasteiger partial charge in [-0.2, -0.15) is 22.5 Å². The number of ether oxygens (including phenoxy) is 2. The Balaban J connectivity index is 1.33. The van der Waals surface area contributed by atoms with Crippen molar-refractivity contribution in [1.82, 2.24) is 9.97 Å². The van der Waals surface area contributed by atoms with Crippen LogP contribution in [0.1, 0.15) is 39.5 Å². The van der Waals surface area contributed by atoms with E-state index in [1.54, 1.807) is 0 Å². The Bertz CT molecular complexity index is 987. The molecule has 1 aromatic carbocycles. The SMILES string of the molecule is C[C@@H]1CN(c2ccc(Nc3ncc(F)c(OCC4CCC(O)(C(F)(F)F)CC4)n3)cc2)C[C@H](C)O1. The first-order chi connectivity index (χ1) is 16.5. The number of halogens is 4. The average molecular weight is 499 g/mol. The van der Waals surface area contributed by atoms with Gasteiger partial charge in [0.05, 0.1) is 25.0 Å². The van der Waals surface area contributed by atoms with Crippen LogP contribution in [-0.2, 0) is 4.74 Å². The predicted octanol–water partition coefficient (Wildman–Crippen LogP) is 4.84. The Kier molecular flexibility index (Phi) is 7.37. The third-order valence-electron chi connectivity index (χ3n) is 6.54. The van der Waals surface area contributed by atoms with E-state index in [1.807, 2.05) is 38.1 Å². The monoisotopic (exact) mass is 498 g/mol. The van der Waals surface area contributed by atoms with Gasteiger partial charge in [-0.3, -0.25) is 0 Å². The Morgan fingerprint density at radius 3 is 2.37 bits per heavy atom. The highest BCUT2D eigenvalue weighted by atomic mass is 19.4. The van der Waals surface area contributed by atoms with Crippen molar-refractivity contribution in [2.45, 2.75) is 63.5 Å². The van der Waals surface area contributed by atoms with Crippen LogP contribution in [0.15, 0.2) is 30.5 Å². The van der Waals surface area contributed by atoms with Gasteiger partial charge in [-0.15, -0.1) is 0 Å². The van der Waals surface area contributed by atoms with Crippen LogP contribution < -0.4 is 15.0 Å². The van der Waals surface area contributed by atoms with E-state index in [4.69, 9.17) is 9.47 Å². The summed E-state index contributed by atoms with van der Waals surface area (Å²) in [5, 5.41) is 12.8. The maximum absolute atomic E-state index is 14.2. The van der Waals surface area contributed by atoms with Gasteiger partial charge >= 0.3 is 6.18 Å². The molecule has 2 N–H and O–H groups in total. The first-order valence-corrected chi connectivity index (χ1v) is 11.7. The second-order valence-corrected chi connectivity index (χ2v) is 9.46. The van der Waals surface area contributed by atoms with E-state index in [2.05, 4.69) is 20.2 Å². The number of morpholine rings is 1. The highest BCUT2D eigenvalue weighted by Gasteiger charge is 2.54. The molecule has 1 aromatic heterocycles. The topological polar surface area (TPSA) is 79.7 Å². The molecule has 2 heterocycles. The fourth-order valence-electron chi connectivity index (χ4n) is 4.59. The lowest BCUT2D eigenvalue weighted by atomic mass is 9.79. The molecule has 2 atom stereocenters. The smallest absolute Gasteiger partial charge is 0.417 e. The van der Waals surface area contributed by atoms with E-state index in [0.717, 1.165) is 25.0 Å². The molecule has 1 aliphatic carbocycles. The minimum absolute atomic E-state index is 0.00635. The summed E-state index contributed by atoms with van der Waals surface area (Å²) in [6, 6.07) is 7.69. The molecule has 0 amide bonds. The number of hydrogen-bond donors (Lipinski definition) is 2. The largest absolute Gasteiger partial charge is 0.475 e. The summed E-state index contributed by atoms with van der Waals surface area (Å²) in [5.41, 5.74) is -0.889. The van der Waals surface area contributed by atoms with E-state index in [9.17, 15) is 22.7 Å². The lowest BCUT2D eigenvalue weighted by Crippen LogP contribution is -2.48. The number of nitrogens with one attached hydrogen (secondary N) is 1. The van der Waals surface area contributed by atoms with Gasteiger partial charge in [0.1, 0.15) is 0 Å². The van der Waals surface area contributed by atoms with Crippen molar-refractivity contribution < 1.29 is 32.1 Å². The lowest BCUT2D eigenvalue weighted by Gasteiger charge is -2.37. The van der Waals surface area contributed by atoms with Gasteiger partial charge < -0.3 is 24.8 Å². The fourth-order valence-corrected chi connectivity index (χ4v) is 4.59. The summed E-state index contributed by atoms with van der Waals surface area (Å²) in [5.74, 6) is -1.13.